The summed E-state index contributed by atoms with van der Waals surface area (Å²) < 4.78 is 0. The van der Waals surface area contributed by atoms with Crippen LogP contribution in [0.1, 0.15) is 43.5 Å². The minimum absolute atomic E-state index is 0.00195. The van der Waals surface area contributed by atoms with Gasteiger partial charge in [-0.2, -0.15) is 0 Å². The van der Waals surface area contributed by atoms with Crippen molar-refractivity contribution in [1.29, 1.82) is 0 Å². The first kappa shape index (κ1) is 15.7. The fourth-order valence-electron chi connectivity index (χ4n) is 2.99. The van der Waals surface area contributed by atoms with E-state index in [1.165, 1.54) is 0 Å². The highest BCUT2D eigenvalue weighted by Gasteiger charge is 2.18. The Kier molecular flexibility index (Phi) is 4.44. The maximum absolute atomic E-state index is 12.4. The molecular formula is C19H23N3O. The van der Waals surface area contributed by atoms with E-state index >= 15 is 0 Å². The average molecular weight is 309 g/mol. The molecule has 1 amide bonds. The summed E-state index contributed by atoms with van der Waals surface area (Å²) in [5.74, 6) is 0.0105. The number of pyridine rings is 1. The molecule has 1 aromatic carbocycles. The molecule has 0 saturated heterocycles. The van der Waals surface area contributed by atoms with E-state index in [-0.39, 0.29) is 17.9 Å². The largest absolute Gasteiger partial charge is 0.324 e. The molecule has 23 heavy (non-hydrogen) atoms. The van der Waals surface area contributed by atoms with Crippen molar-refractivity contribution >= 4 is 11.6 Å². The van der Waals surface area contributed by atoms with Crippen molar-refractivity contribution < 1.29 is 4.79 Å². The number of nitrogens with one attached hydrogen (secondary N) is 1. The van der Waals surface area contributed by atoms with Crippen LogP contribution in [0.4, 0.5) is 5.69 Å². The number of rotatable bonds is 0. The fourth-order valence-corrected chi connectivity index (χ4v) is 2.99. The molecule has 1 aliphatic rings. The van der Waals surface area contributed by atoms with Gasteiger partial charge in [0.05, 0.1) is 11.4 Å². The first-order chi connectivity index (χ1) is 11.0. The number of hydrogen-bond acceptors (Lipinski definition) is 3. The van der Waals surface area contributed by atoms with Gasteiger partial charge in [-0.3, -0.25) is 9.78 Å². The Morgan fingerprint density at radius 2 is 2.04 bits per heavy atom. The number of fused-ring (bicyclic) bond motifs is 4. The Labute approximate surface area is 137 Å². The predicted molar refractivity (Wildman–Crippen MR) is 93.0 cm³/mol. The summed E-state index contributed by atoms with van der Waals surface area (Å²) in [6.07, 6.45) is 2.67. The summed E-state index contributed by atoms with van der Waals surface area (Å²) in [4.78, 5) is 17.1. The summed E-state index contributed by atoms with van der Waals surface area (Å²) in [5, 5.41) is 3.04. The van der Waals surface area contributed by atoms with E-state index in [0.29, 0.717) is 0 Å². The van der Waals surface area contributed by atoms with Gasteiger partial charge in [-0.05, 0) is 43.5 Å². The lowest BCUT2D eigenvalue weighted by molar-refractivity contribution is -0.119. The van der Waals surface area contributed by atoms with Crippen LogP contribution in [0.25, 0.3) is 11.3 Å². The van der Waals surface area contributed by atoms with Gasteiger partial charge >= 0.3 is 0 Å². The topological polar surface area (TPSA) is 68.0 Å². The van der Waals surface area contributed by atoms with Crippen molar-refractivity contribution in [3.05, 3.63) is 47.7 Å². The van der Waals surface area contributed by atoms with E-state index in [4.69, 9.17) is 5.73 Å². The molecule has 0 aliphatic carbocycles. The molecule has 0 saturated carbocycles. The molecule has 4 heteroatoms. The molecule has 2 aromatic rings. The Hall–Kier alpha value is -2.20. The van der Waals surface area contributed by atoms with Gasteiger partial charge in [0.1, 0.15) is 0 Å². The maximum atomic E-state index is 12.4. The Bertz CT molecular complexity index is 726. The van der Waals surface area contributed by atoms with Crippen molar-refractivity contribution in [2.45, 2.75) is 39.2 Å². The SMILES string of the molecule is Cc1ccc2c(n1)-c1cccc(c1)[C@@H](N)CCC[C@@H](C)C(=O)N2. The van der Waals surface area contributed by atoms with Gasteiger partial charge in [-0.1, -0.05) is 31.5 Å². The smallest absolute Gasteiger partial charge is 0.227 e. The van der Waals surface area contributed by atoms with Crippen LogP contribution in [-0.4, -0.2) is 10.9 Å². The first-order valence-corrected chi connectivity index (χ1v) is 8.19. The number of nitrogens with two attached hydrogens (primary N) is 1. The molecule has 1 aliphatic heterocycles. The molecule has 3 rings (SSSR count). The molecule has 1 aromatic heterocycles. The van der Waals surface area contributed by atoms with E-state index in [9.17, 15) is 4.79 Å². The van der Waals surface area contributed by atoms with Crippen LogP contribution in [0.5, 0.6) is 0 Å². The number of hydrogen-bond donors (Lipinski definition) is 2. The highest BCUT2D eigenvalue weighted by atomic mass is 16.1. The van der Waals surface area contributed by atoms with E-state index in [0.717, 1.165) is 47.5 Å². The van der Waals surface area contributed by atoms with Gasteiger partial charge in [0.2, 0.25) is 5.91 Å². The summed E-state index contributed by atoms with van der Waals surface area (Å²) >= 11 is 0. The number of amides is 1. The molecule has 2 bridgehead atoms. The molecular weight excluding hydrogens is 286 g/mol. The number of aromatic nitrogens is 1. The number of anilines is 1. The summed E-state index contributed by atoms with van der Waals surface area (Å²) in [5.41, 5.74) is 10.9. The number of carbonyl (C=O) groups excluding carboxylic acids is 1. The van der Waals surface area contributed by atoms with E-state index in [1.54, 1.807) is 0 Å². The molecule has 120 valence electrons. The number of benzene rings is 1. The maximum Gasteiger partial charge on any atom is 0.227 e. The zero-order valence-electron chi connectivity index (χ0n) is 13.7. The van der Waals surface area contributed by atoms with Gasteiger partial charge in [-0.25, -0.2) is 0 Å². The van der Waals surface area contributed by atoms with Crippen LogP contribution in [-0.2, 0) is 4.79 Å². The number of nitrogens with zero attached hydrogens (tertiary/aromatic N) is 1. The van der Waals surface area contributed by atoms with Crippen LogP contribution in [0.15, 0.2) is 36.4 Å². The van der Waals surface area contributed by atoms with Gasteiger partial charge in [-0.15, -0.1) is 0 Å². The molecule has 3 N–H and O–H groups in total. The van der Waals surface area contributed by atoms with Crippen LogP contribution in [0.2, 0.25) is 0 Å². The monoisotopic (exact) mass is 309 g/mol. The van der Waals surface area contributed by atoms with Gasteiger partial charge in [0.25, 0.3) is 0 Å². The number of carbonyl (C=O) groups is 1. The van der Waals surface area contributed by atoms with E-state index in [2.05, 4.69) is 22.4 Å². The predicted octanol–water partition coefficient (Wildman–Crippen LogP) is 3.82. The third-order valence-electron chi connectivity index (χ3n) is 4.48. The lowest BCUT2D eigenvalue weighted by atomic mass is 9.94. The molecule has 0 unspecified atom stereocenters. The van der Waals surface area contributed by atoms with E-state index < -0.39 is 0 Å². The lowest BCUT2D eigenvalue weighted by Gasteiger charge is -2.19. The minimum Gasteiger partial charge on any atom is -0.324 e. The molecule has 0 spiro atoms. The number of aryl methyl sites for hydroxylation is 1. The lowest BCUT2D eigenvalue weighted by Crippen LogP contribution is -2.22. The van der Waals surface area contributed by atoms with E-state index in [1.807, 2.05) is 38.1 Å². The van der Waals surface area contributed by atoms with Gasteiger partial charge in [0, 0.05) is 23.2 Å². The van der Waals surface area contributed by atoms with Crippen molar-refractivity contribution in [1.82, 2.24) is 4.98 Å². The Balaban J connectivity index is 2.12. The van der Waals surface area contributed by atoms with Crippen molar-refractivity contribution in [2.24, 2.45) is 11.7 Å². The third kappa shape index (κ3) is 3.42. The molecule has 2 atom stereocenters. The highest BCUT2D eigenvalue weighted by Crippen LogP contribution is 2.30. The summed E-state index contributed by atoms with van der Waals surface area (Å²) in [6.45, 7) is 3.92. The summed E-state index contributed by atoms with van der Waals surface area (Å²) in [6, 6.07) is 12.0. The Morgan fingerprint density at radius 3 is 2.87 bits per heavy atom. The van der Waals surface area contributed by atoms with Crippen molar-refractivity contribution in [3.8, 4) is 11.3 Å². The second kappa shape index (κ2) is 6.50. The van der Waals surface area contributed by atoms with Crippen LogP contribution < -0.4 is 11.1 Å². The molecule has 0 fully saturated rings. The third-order valence-corrected chi connectivity index (χ3v) is 4.48. The minimum atomic E-state index is -0.0332. The summed E-state index contributed by atoms with van der Waals surface area (Å²) in [7, 11) is 0. The zero-order chi connectivity index (χ0) is 16.4. The quantitative estimate of drug-likeness (QED) is 0.777. The van der Waals surface area contributed by atoms with Crippen LogP contribution in [0.3, 0.4) is 0 Å². The van der Waals surface area contributed by atoms with Gasteiger partial charge < -0.3 is 11.1 Å². The standard InChI is InChI=1S/C19H23N3O/c1-12-5-3-8-16(20)14-6-4-7-15(11-14)18-17(22-19(12)23)10-9-13(2)21-18/h4,6-7,9-12,16H,3,5,8,20H2,1-2H3,(H,22,23)/t12-,16+/m1/s1. The molecule has 4 nitrogen and oxygen atoms in total. The highest BCUT2D eigenvalue weighted by molar-refractivity contribution is 5.95. The molecule has 0 radical (unpaired) electrons. The second-order valence-corrected chi connectivity index (χ2v) is 6.40. The van der Waals surface area contributed by atoms with Crippen molar-refractivity contribution in [2.75, 3.05) is 5.32 Å². The normalized spacial score (nSPS) is 21.6. The zero-order valence-corrected chi connectivity index (χ0v) is 13.7. The first-order valence-electron chi connectivity index (χ1n) is 8.19. The second-order valence-electron chi connectivity index (χ2n) is 6.40. The average Bonchev–Trinajstić information content (AvgIpc) is 2.55. The molecule has 2 heterocycles. The van der Waals surface area contributed by atoms with Crippen molar-refractivity contribution in [3.63, 3.8) is 0 Å². The van der Waals surface area contributed by atoms with Crippen LogP contribution in [0, 0.1) is 12.8 Å². The van der Waals surface area contributed by atoms with Crippen LogP contribution >= 0.6 is 0 Å². The van der Waals surface area contributed by atoms with Gasteiger partial charge in [0.15, 0.2) is 0 Å². The fraction of sp³-hybridized carbons (Fsp3) is 0.368. The Morgan fingerprint density at radius 1 is 1.22 bits per heavy atom.